The summed E-state index contributed by atoms with van der Waals surface area (Å²) in [5.74, 6) is -1.76. The van der Waals surface area contributed by atoms with E-state index in [-0.39, 0.29) is 17.1 Å². The van der Waals surface area contributed by atoms with Crippen LogP contribution >= 0.6 is 0 Å². The first-order valence-corrected chi connectivity index (χ1v) is 1.36. The van der Waals surface area contributed by atoms with Crippen molar-refractivity contribution in [2.75, 3.05) is 0 Å². The average molecular weight is 176 g/mol. The van der Waals surface area contributed by atoms with Crippen LogP contribution in [0.3, 0.4) is 0 Å². The Balaban J connectivity index is 0. The largest absolute Gasteiger partial charge is 0.448 e. The van der Waals surface area contributed by atoms with Crippen molar-refractivity contribution in [2.24, 2.45) is 5.73 Å². The Morgan fingerprint density at radius 3 is 1.50 bits per heavy atom. The van der Waals surface area contributed by atoms with E-state index in [1.807, 2.05) is 0 Å². The Labute approximate surface area is 54.2 Å². The first-order valence-electron chi connectivity index (χ1n) is 1.36. The van der Waals surface area contributed by atoms with E-state index >= 15 is 0 Å². The number of alkyl halides is 3. The van der Waals surface area contributed by atoms with Gasteiger partial charge in [-0.3, -0.25) is 5.41 Å². The number of nitrogens with one attached hydrogen (secondary N) is 1. The van der Waals surface area contributed by atoms with Crippen LogP contribution in [0.1, 0.15) is 0 Å². The topological polar surface area (TPSA) is 49.9 Å². The summed E-state index contributed by atoms with van der Waals surface area (Å²) >= 11 is 0. The molecule has 0 saturated heterocycles. The molecule has 0 heterocycles. The average Bonchev–Trinajstić information content (AvgIpc) is 1.31. The first kappa shape index (κ1) is 10.7. The zero-order valence-corrected chi connectivity index (χ0v) is 4.45. The van der Waals surface area contributed by atoms with Crippen molar-refractivity contribution in [1.29, 1.82) is 5.41 Å². The minimum Gasteiger partial charge on any atom is -0.380 e. The molecule has 0 bridgehead atoms. The van der Waals surface area contributed by atoms with E-state index in [1.165, 1.54) is 0 Å². The molecule has 0 aliphatic heterocycles. The fourth-order valence-electron chi connectivity index (χ4n) is 0. The summed E-state index contributed by atoms with van der Waals surface area (Å²) in [6, 6.07) is 0. The third-order valence-electron chi connectivity index (χ3n) is 0.305. The summed E-state index contributed by atoms with van der Waals surface area (Å²) in [7, 11) is 0. The molecule has 0 atom stereocenters. The Morgan fingerprint density at radius 1 is 1.38 bits per heavy atom. The zero-order chi connectivity index (χ0) is 6.08. The standard InChI is InChI=1S/C2H3F3N2.Cu/c3-2(4,5)1(6)7;/h(H3,6,7);. The molecule has 0 aliphatic rings. The molecule has 0 amide bonds. The number of amidine groups is 1. The van der Waals surface area contributed by atoms with Crippen molar-refractivity contribution in [3.05, 3.63) is 0 Å². The molecule has 0 aromatic heterocycles. The van der Waals surface area contributed by atoms with E-state index in [9.17, 15) is 13.2 Å². The molecule has 6 heteroatoms. The molecular weight excluding hydrogens is 173 g/mol. The Hall–Kier alpha value is -0.221. The van der Waals surface area contributed by atoms with E-state index in [0.717, 1.165) is 0 Å². The SMILES string of the molecule is N=C(N)C(F)(F)F.[Cu]. The zero-order valence-electron chi connectivity index (χ0n) is 3.51. The van der Waals surface area contributed by atoms with Crippen molar-refractivity contribution in [1.82, 2.24) is 0 Å². The molecule has 0 rings (SSSR count). The summed E-state index contributed by atoms with van der Waals surface area (Å²) in [5, 5.41) is 5.80. The molecule has 0 unspecified atom stereocenters. The predicted molar refractivity (Wildman–Crippen MR) is 18.0 cm³/mol. The van der Waals surface area contributed by atoms with Gasteiger partial charge in [-0.1, -0.05) is 0 Å². The molecule has 0 aromatic rings. The molecule has 0 spiro atoms. The van der Waals surface area contributed by atoms with Crippen LogP contribution in [0.5, 0.6) is 0 Å². The Morgan fingerprint density at radius 2 is 1.50 bits per heavy atom. The van der Waals surface area contributed by atoms with Gasteiger partial charge < -0.3 is 5.73 Å². The smallest absolute Gasteiger partial charge is 0.380 e. The van der Waals surface area contributed by atoms with Crippen LogP contribution in [-0.4, -0.2) is 12.0 Å². The minimum absolute atomic E-state index is 0. The van der Waals surface area contributed by atoms with E-state index in [0.29, 0.717) is 0 Å². The van der Waals surface area contributed by atoms with Gasteiger partial charge in [0, 0.05) is 17.1 Å². The molecule has 0 saturated carbocycles. The van der Waals surface area contributed by atoms with Crippen molar-refractivity contribution in [2.45, 2.75) is 6.18 Å². The van der Waals surface area contributed by atoms with Crippen molar-refractivity contribution in [3.63, 3.8) is 0 Å². The Bertz CT molecular complexity index is 87.8. The van der Waals surface area contributed by atoms with E-state index in [4.69, 9.17) is 5.41 Å². The molecule has 0 fully saturated rings. The monoisotopic (exact) mass is 175 g/mol. The molecular formula is C2H3CuF3N2. The number of hydrogen-bond donors (Lipinski definition) is 2. The van der Waals surface area contributed by atoms with Crippen LogP contribution in [0.25, 0.3) is 0 Å². The van der Waals surface area contributed by atoms with Crippen LogP contribution in [-0.2, 0) is 17.1 Å². The van der Waals surface area contributed by atoms with Gasteiger partial charge in [0.1, 0.15) is 0 Å². The van der Waals surface area contributed by atoms with Gasteiger partial charge in [-0.05, 0) is 0 Å². The van der Waals surface area contributed by atoms with Gasteiger partial charge in [0.25, 0.3) is 0 Å². The van der Waals surface area contributed by atoms with E-state index in [2.05, 4.69) is 5.73 Å². The molecule has 1 radical (unpaired) electrons. The van der Waals surface area contributed by atoms with Gasteiger partial charge in [-0.15, -0.1) is 0 Å². The second-order valence-electron chi connectivity index (χ2n) is 0.911. The Kier molecular flexibility index (Phi) is 3.93. The summed E-state index contributed by atoms with van der Waals surface area (Å²) < 4.78 is 32.5. The second-order valence-corrected chi connectivity index (χ2v) is 0.911. The quantitative estimate of drug-likeness (QED) is 0.314. The van der Waals surface area contributed by atoms with Gasteiger partial charge in [-0.2, -0.15) is 13.2 Å². The predicted octanol–water partition coefficient (Wildman–Crippen LogP) is 0.482. The van der Waals surface area contributed by atoms with Crippen LogP contribution < -0.4 is 5.73 Å². The first-order chi connectivity index (χ1) is 2.94. The maximum absolute atomic E-state index is 10.8. The minimum atomic E-state index is -4.64. The maximum atomic E-state index is 10.8. The summed E-state index contributed by atoms with van der Waals surface area (Å²) in [6.45, 7) is 0. The van der Waals surface area contributed by atoms with Crippen molar-refractivity contribution < 1.29 is 30.2 Å². The number of nitrogens with two attached hydrogens (primary N) is 1. The van der Waals surface area contributed by atoms with E-state index < -0.39 is 12.0 Å². The molecule has 8 heavy (non-hydrogen) atoms. The number of hydrogen-bond acceptors (Lipinski definition) is 1. The third-order valence-corrected chi connectivity index (χ3v) is 0.305. The normalized spacial score (nSPS) is 9.88. The van der Waals surface area contributed by atoms with E-state index in [1.54, 1.807) is 0 Å². The molecule has 0 aromatic carbocycles. The van der Waals surface area contributed by atoms with Crippen LogP contribution in [0.15, 0.2) is 0 Å². The van der Waals surface area contributed by atoms with Crippen LogP contribution in [0.2, 0.25) is 0 Å². The summed E-state index contributed by atoms with van der Waals surface area (Å²) in [4.78, 5) is 0. The number of rotatable bonds is 0. The fourth-order valence-corrected chi connectivity index (χ4v) is 0. The summed E-state index contributed by atoms with van der Waals surface area (Å²) in [6.07, 6.45) is -4.64. The number of halogens is 3. The molecule has 53 valence electrons. The molecule has 3 N–H and O–H groups in total. The van der Waals surface area contributed by atoms with Crippen LogP contribution in [0, 0.1) is 5.41 Å². The van der Waals surface area contributed by atoms with Gasteiger partial charge in [0.05, 0.1) is 0 Å². The third kappa shape index (κ3) is 3.95. The van der Waals surface area contributed by atoms with Gasteiger partial charge >= 0.3 is 6.18 Å². The van der Waals surface area contributed by atoms with Gasteiger partial charge in [0.2, 0.25) is 0 Å². The molecule has 2 nitrogen and oxygen atoms in total. The molecule has 0 aliphatic carbocycles. The van der Waals surface area contributed by atoms with Gasteiger partial charge in [-0.25, -0.2) is 0 Å². The van der Waals surface area contributed by atoms with Crippen LogP contribution in [0.4, 0.5) is 13.2 Å². The van der Waals surface area contributed by atoms with Gasteiger partial charge in [0.15, 0.2) is 5.84 Å². The van der Waals surface area contributed by atoms with Crippen molar-refractivity contribution >= 4 is 5.84 Å². The summed E-state index contributed by atoms with van der Waals surface area (Å²) in [5.41, 5.74) is 4.03. The van der Waals surface area contributed by atoms with Crippen molar-refractivity contribution in [3.8, 4) is 0 Å². The second kappa shape index (κ2) is 2.94. The maximum Gasteiger partial charge on any atom is 0.448 e. The fraction of sp³-hybridized carbons (Fsp3) is 0.500.